The molecule has 7 nitrogen and oxygen atoms in total. The molecule has 3 fully saturated rings. The summed E-state index contributed by atoms with van der Waals surface area (Å²) in [5.41, 5.74) is -0.756. The van der Waals surface area contributed by atoms with Crippen LogP contribution in [0.2, 0.25) is 0 Å². The molecule has 7 heteroatoms. The highest BCUT2D eigenvalue weighted by atomic mass is 16.2. The maximum atomic E-state index is 13.8. The Kier molecular flexibility index (Phi) is 8.11. The van der Waals surface area contributed by atoms with Crippen molar-refractivity contribution < 1.29 is 19.2 Å². The molecule has 3 aliphatic heterocycles. The van der Waals surface area contributed by atoms with Crippen molar-refractivity contribution in [2.75, 3.05) is 20.1 Å². The fraction of sp³-hybridized carbons (Fsp3) is 0.871. The molecule has 0 saturated carbocycles. The highest BCUT2D eigenvalue weighted by molar-refractivity contribution is 6.06. The van der Waals surface area contributed by atoms with Gasteiger partial charge in [-0.05, 0) is 84.1 Å². The lowest BCUT2D eigenvalue weighted by Gasteiger charge is -2.54. The molecule has 3 saturated heterocycles. The van der Waals surface area contributed by atoms with Crippen molar-refractivity contribution in [2.45, 2.75) is 113 Å². The van der Waals surface area contributed by atoms with Crippen molar-refractivity contribution in [3.05, 3.63) is 0 Å². The van der Waals surface area contributed by atoms with E-state index < -0.39 is 29.1 Å². The molecule has 4 amide bonds. The van der Waals surface area contributed by atoms with Gasteiger partial charge in [0.25, 0.3) is 0 Å². The van der Waals surface area contributed by atoms with E-state index in [9.17, 15) is 19.2 Å². The second-order valence-electron chi connectivity index (χ2n) is 15.6. The van der Waals surface area contributed by atoms with Crippen molar-refractivity contribution in [1.29, 1.82) is 0 Å². The molecule has 4 unspecified atom stereocenters. The van der Waals surface area contributed by atoms with Gasteiger partial charge in [0.05, 0.1) is 17.8 Å². The van der Waals surface area contributed by atoms with E-state index in [4.69, 9.17) is 0 Å². The maximum absolute atomic E-state index is 13.8. The van der Waals surface area contributed by atoms with Crippen molar-refractivity contribution in [3.63, 3.8) is 0 Å². The third-order valence-corrected chi connectivity index (χ3v) is 9.93. The van der Waals surface area contributed by atoms with Crippen LogP contribution in [-0.2, 0) is 19.2 Å². The molecular formula is C31H53N3O4. The van der Waals surface area contributed by atoms with Crippen molar-refractivity contribution >= 4 is 23.6 Å². The zero-order valence-corrected chi connectivity index (χ0v) is 26.1. The van der Waals surface area contributed by atoms with Crippen LogP contribution in [0, 0.1) is 40.4 Å². The highest BCUT2D eigenvalue weighted by Crippen LogP contribution is 2.49. The number of carbonyl (C=O) groups is 4. The van der Waals surface area contributed by atoms with Gasteiger partial charge in [0.15, 0.2) is 0 Å². The van der Waals surface area contributed by atoms with Crippen molar-refractivity contribution in [2.24, 2.45) is 40.4 Å². The Balaban J connectivity index is 1.82. The minimum Gasteiger partial charge on any atom is -0.296 e. The molecule has 0 aromatic carbocycles. The molecule has 3 heterocycles. The van der Waals surface area contributed by atoms with E-state index in [0.717, 1.165) is 12.8 Å². The van der Waals surface area contributed by atoms with Crippen LogP contribution < -0.4 is 0 Å². The molecule has 0 aliphatic carbocycles. The fourth-order valence-corrected chi connectivity index (χ4v) is 7.89. The van der Waals surface area contributed by atoms with E-state index in [-0.39, 0.29) is 46.0 Å². The molecule has 0 aromatic rings. The minimum absolute atomic E-state index is 0.0200. The van der Waals surface area contributed by atoms with Crippen LogP contribution in [0.5, 0.6) is 0 Å². The average molecular weight is 532 g/mol. The molecule has 0 radical (unpaired) electrons. The zero-order valence-electron chi connectivity index (χ0n) is 26.1. The normalized spacial score (nSPS) is 31.2. The predicted octanol–water partition coefficient (Wildman–Crippen LogP) is 4.98. The van der Waals surface area contributed by atoms with Gasteiger partial charge in [-0.2, -0.15) is 0 Å². The predicted molar refractivity (Wildman–Crippen MR) is 150 cm³/mol. The number of amides is 4. The number of hydrogen-bond acceptors (Lipinski definition) is 5. The zero-order chi connectivity index (χ0) is 29.2. The first-order valence-corrected chi connectivity index (χ1v) is 14.6. The van der Waals surface area contributed by atoms with Gasteiger partial charge in [0.2, 0.25) is 23.6 Å². The molecule has 0 spiro atoms. The standard InChI is InChI=1S/C31H53N3O4/c1-13-33-26(37)22(16-28(3,4)5)23(27(33)38)29(6,7)17-21-19(2)24(35)34(25(21)36)18-20-14-30(8,9)32(12)31(10,11)15-20/h19-23H,13-18H2,1-12H3. The van der Waals surface area contributed by atoms with Gasteiger partial charge in [-0.3, -0.25) is 33.9 Å². The van der Waals surface area contributed by atoms with Gasteiger partial charge in [-0.25, -0.2) is 0 Å². The molecule has 4 atom stereocenters. The number of rotatable bonds is 7. The molecule has 0 bridgehead atoms. The summed E-state index contributed by atoms with van der Waals surface area (Å²) in [5, 5.41) is 0. The van der Waals surface area contributed by atoms with Crippen LogP contribution in [-0.4, -0.2) is 69.5 Å². The van der Waals surface area contributed by atoms with Crippen LogP contribution in [0.15, 0.2) is 0 Å². The number of hydrogen-bond donors (Lipinski definition) is 0. The summed E-state index contributed by atoms with van der Waals surface area (Å²) >= 11 is 0. The van der Waals surface area contributed by atoms with Gasteiger partial charge in [-0.1, -0.05) is 41.5 Å². The molecule has 216 valence electrons. The van der Waals surface area contributed by atoms with Crippen LogP contribution >= 0.6 is 0 Å². The number of imide groups is 2. The SMILES string of the molecule is CCN1C(=O)C(CC(C)(C)C)C(C(C)(C)CC2C(=O)N(CC3CC(C)(C)N(C)C(C)(C)C3)C(=O)C2C)C1=O. The first-order chi connectivity index (χ1) is 17.1. The monoisotopic (exact) mass is 531 g/mol. The largest absolute Gasteiger partial charge is 0.296 e. The summed E-state index contributed by atoms with van der Waals surface area (Å²) in [4.78, 5) is 59.3. The quantitative estimate of drug-likeness (QED) is 0.433. The Morgan fingerprint density at radius 3 is 1.74 bits per heavy atom. The molecule has 0 N–H and O–H groups in total. The Morgan fingerprint density at radius 2 is 1.26 bits per heavy atom. The second kappa shape index (κ2) is 10.0. The Bertz CT molecular complexity index is 958. The van der Waals surface area contributed by atoms with E-state index in [1.165, 1.54) is 9.80 Å². The summed E-state index contributed by atoms with van der Waals surface area (Å²) in [6.45, 7) is 23.7. The highest BCUT2D eigenvalue weighted by Gasteiger charge is 2.57. The van der Waals surface area contributed by atoms with Crippen molar-refractivity contribution in [1.82, 2.24) is 14.7 Å². The number of carbonyl (C=O) groups excluding carboxylic acids is 4. The first-order valence-electron chi connectivity index (χ1n) is 14.6. The topological polar surface area (TPSA) is 78.0 Å². The average Bonchev–Trinajstić information content (AvgIpc) is 3.10. The van der Waals surface area contributed by atoms with Gasteiger partial charge in [-0.15, -0.1) is 0 Å². The Hall–Kier alpha value is -1.76. The third-order valence-electron chi connectivity index (χ3n) is 9.93. The summed E-state index contributed by atoms with van der Waals surface area (Å²) in [7, 11) is 2.16. The number of piperidine rings is 1. The lowest BCUT2D eigenvalue weighted by atomic mass is 9.64. The van der Waals surface area contributed by atoms with Crippen LogP contribution in [0.4, 0.5) is 0 Å². The molecule has 0 aromatic heterocycles. The van der Waals surface area contributed by atoms with E-state index in [1.54, 1.807) is 0 Å². The van der Waals surface area contributed by atoms with Gasteiger partial charge in [0, 0.05) is 30.1 Å². The molecule has 38 heavy (non-hydrogen) atoms. The van der Waals surface area contributed by atoms with Gasteiger partial charge in [0.1, 0.15) is 0 Å². The summed E-state index contributed by atoms with van der Waals surface area (Å²) < 4.78 is 0. The lowest BCUT2D eigenvalue weighted by Crippen LogP contribution is -2.59. The molecular weight excluding hydrogens is 478 g/mol. The fourth-order valence-electron chi connectivity index (χ4n) is 7.89. The van der Waals surface area contributed by atoms with Crippen molar-refractivity contribution in [3.8, 4) is 0 Å². The van der Waals surface area contributed by atoms with E-state index in [2.05, 4.69) is 60.4 Å². The lowest BCUT2D eigenvalue weighted by molar-refractivity contribution is -0.144. The smallest absolute Gasteiger partial charge is 0.233 e. The maximum Gasteiger partial charge on any atom is 0.233 e. The van der Waals surface area contributed by atoms with Crippen LogP contribution in [0.3, 0.4) is 0 Å². The van der Waals surface area contributed by atoms with E-state index in [1.807, 2.05) is 27.7 Å². The first kappa shape index (κ1) is 30.8. The number of likely N-dealkylation sites (tertiary alicyclic amines) is 3. The third kappa shape index (κ3) is 5.59. The van der Waals surface area contributed by atoms with E-state index >= 15 is 0 Å². The Morgan fingerprint density at radius 1 is 0.763 bits per heavy atom. The summed E-state index contributed by atoms with van der Waals surface area (Å²) in [6, 6.07) is 0. The Labute approximate surface area is 231 Å². The number of nitrogens with zero attached hydrogens (tertiary/aromatic N) is 3. The van der Waals surface area contributed by atoms with Crippen LogP contribution in [0.25, 0.3) is 0 Å². The summed E-state index contributed by atoms with van der Waals surface area (Å²) in [6.07, 6.45) is 2.88. The van der Waals surface area contributed by atoms with E-state index in [0.29, 0.717) is 25.9 Å². The van der Waals surface area contributed by atoms with Gasteiger partial charge < -0.3 is 0 Å². The molecule has 3 aliphatic rings. The van der Waals surface area contributed by atoms with Crippen LogP contribution in [0.1, 0.15) is 102 Å². The molecule has 3 rings (SSSR count). The summed E-state index contributed by atoms with van der Waals surface area (Å²) in [5.74, 6) is -1.99. The van der Waals surface area contributed by atoms with Gasteiger partial charge >= 0.3 is 0 Å². The minimum atomic E-state index is -0.602. The second-order valence-corrected chi connectivity index (χ2v) is 15.6.